The Labute approximate surface area is 410 Å². The predicted octanol–water partition coefficient (Wildman–Crippen LogP) is 15.3. The molecular formula is C62H58N8. The fourth-order valence-corrected chi connectivity index (χ4v) is 11.4. The van der Waals surface area contributed by atoms with Gasteiger partial charge in [-0.1, -0.05) is 60.7 Å². The van der Waals surface area contributed by atoms with Gasteiger partial charge in [0.2, 0.25) is 0 Å². The third kappa shape index (κ3) is 6.49. The van der Waals surface area contributed by atoms with E-state index in [0.29, 0.717) is 0 Å². The average molecular weight is 915 g/mol. The predicted molar refractivity (Wildman–Crippen MR) is 295 cm³/mol. The van der Waals surface area contributed by atoms with Crippen molar-refractivity contribution in [2.45, 2.75) is 91.4 Å². The van der Waals surface area contributed by atoms with Crippen LogP contribution >= 0.6 is 0 Å². The molecule has 0 aliphatic carbocycles. The van der Waals surface area contributed by atoms with Gasteiger partial charge >= 0.3 is 0 Å². The molecule has 10 aromatic rings. The summed E-state index contributed by atoms with van der Waals surface area (Å²) in [5.74, 6) is 2.01. The summed E-state index contributed by atoms with van der Waals surface area (Å²) in [4.78, 5) is 24.4. The average Bonchev–Trinajstić information content (AvgIpc) is 3.96. The summed E-state index contributed by atoms with van der Waals surface area (Å²) in [5.41, 5.74) is 14.8. The summed E-state index contributed by atoms with van der Waals surface area (Å²) in [6.45, 7) is 22.1. The lowest BCUT2D eigenvalue weighted by Gasteiger charge is -2.41. The summed E-state index contributed by atoms with van der Waals surface area (Å²) < 4.78 is 4.78. The molecule has 0 fully saturated rings. The number of fused-ring (bicyclic) bond motifs is 6. The number of anilines is 2. The van der Waals surface area contributed by atoms with Crippen LogP contribution in [0.25, 0.3) is 88.4 Å². The summed E-state index contributed by atoms with van der Waals surface area (Å²) in [7, 11) is 0. The van der Waals surface area contributed by atoms with Gasteiger partial charge in [-0.15, -0.1) is 0 Å². The van der Waals surface area contributed by atoms with E-state index in [0.717, 1.165) is 89.9 Å². The van der Waals surface area contributed by atoms with Crippen molar-refractivity contribution in [1.29, 1.82) is 0 Å². The molecule has 0 spiro atoms. The van der Waals surface area contributed by atoms with Crippen LogP contribution < -0.4 is 9.80 Å². The number of amidine groups is 2. The van der Waals surface area contributed by atoms with Crippen LogP contribution in [-0.2, 0) is 0 Å². The van der Waals surface area contributed by atoms with E-state index in [1.807, 2.05) is 24.8 Å². The van der Waals surface area contributed by atoms with E-state index in [1.165, 1.54) is 21.5 Å². The lowest BCUT2D eigenvalue weighted by atomic mass is 9.83. The van der Waals surface area contributed by atoms with Crippen molar-refractivity contribution in [3.05, 3.63) is 170 Å². The molecule has 0 unspecified atom stereocenters. The maximum Gasteiger partial charge on any atom is 0.102 e. The highest BCUT2D eigenvalue weighted by Gasteiger charge is 2.49. The number of benzene rings is 6. The molecule has 12 rings (SSSR count). The molecule has 0 saturated carbocycles. The van der Waals surface area contributed by atoms with Gasteiger partial charge in [-0.25, -0.2) is 0 Å². The molecule has 8 heteroatoms. The molecule has 6 heterocycles. The highest BCUT2D eigenvalue weighted by atomic mass is 15.3. The lowest BCUT2D eigenvalue weighted by molar-refractivity contribution is 0.338. The molecule has 70 heavy (non-hydrogen) atoms. The lowest BCUT2D eigenvalue weighted by Crippen LogP contribution is -2.53. The first kappa shape index (κ1) is 43.4. The van der Waals surface area contributed by atoms with Crippen molar-refractivity contribution >= 4 is 66.7 Å². The Morgan fingerprint density at radius 1 is 0.329 bits per heavy atom. The summed E-state index contributed by atoms with van der Waals surface area (Å²) in [6.07, 6.45) is 7.90. The minimum absolute atomic E-state index is 0.218. The molecule has 0 amide bonds. The number of nitrogens with zero attached hydrogens (tertiary/aromatic N) is 8. The highest BCUT2D eigenvalue weighted by molar-refractivity contribution is 6.14. The SMILES string of the molecule is CC1=NC(C)(C)C(C)(C)N1c1cncc(-c2ccc3c(c2)c2cc(-c4ccc5c(c4)c4cc(-c6cncc(N7C(C)=NC(C)(C)C7(C)C)c6)ccc4n5-c4ccccc4)ccc2n3-c2ccccc2)c1. The standard InChI is InChI=1S/C62H58N8/c1-39-65-59(3,4)61(7,8)69(39)49-29-45(35-63-37-49)43-23-27-57-53(33-43)51-31-41(21-25-55(51)67(57)47-17-13-11-14-18-47)42-22-26-56-52(32-42)54-34-44(24-28-58(54)68(56)48-19-15-12-16-20-48)46-30-50(38-64-36-46)70-40(2)66-60(5,6)62(70,9)10/h11-38H,1-10H3. The smallest absolute Gasteiger partial charge is 0.102 e. The highest BCUT2D eigenvalue weighted by Crippen LogP contribution is 2.45. The van der Waals surface area contributed by atoms with E-state index in [2.05, 4.69) is 234 Å². The van der Waals surface area contributed by atoms with Crippen LogP contribution in [0.1, 0.15) is 69.2 Å². The van der Waals surface area contributed by atoms with Gasteiger partial charge in [0.05, 0.1) is 68.0 Å². The van der Waals surface area contributed by atoms with Crippen molar-refractivity contribution in [3.8, 4) is 44.8 Å². The largest absolute Gasteiger partial charge is 0.321 e. The topological polar surface area (TPSA) is 66.8 Å². The van der Waals surface area contributed by atoms with Crippen LogP contribution in [0.4, 0.5) is 11.4 Å². The van der Waals surface area contributed by atoms with Crippen LogP contribution in [0.3, 0.4) is 0 Å². The number of aliphatic imine (C=N–C) groups is 2. The van der Waals surface area contributed by atoms with Gasteiger partial charge in [0.15, 0.2) is 0 Å². The Kier molecular flexibility index (Phi) is 9.51. The zero-order valence-electron chi connectivity index (χ0n) is 41.7. The molecular weight excluding hydrogens is 857 g/mol. The third-order valence-electron chi connectivity index (χ3n) is 16.2. The zero-order chi connectivity index (χ0) is 48.5. The quantitative estimate of drug-likeness (QED) is 0.160. The van der Waals surface area contributed by atoms with Crippen LogP contribution in [0.2, 0.25) is 0 Å². The first-order valence-electron chi connectivity index (χ1n) is 24.4. The van der Waals surface area contributed by atoms with Crippen molar-refractivity contribution in [1.82, 2.24) is 19.1 Å². The van der Waals surface area contributed by atoms with Gasteiger partial charge in [0.1, 0.15) is 11.7 Å². The molecule has 8 nitrogen and oxygen atoms in total. The van der Waals surface area contributed by atoms with Crippen molar-refractivity contribution < 1.29 is 0 Å². The van der Waals surface area contributed by atoms with Gasteiger partial charge in [-0.2, -0.15) is 0 Å². The van der Waals surface area contributed by atoms with Crippen LogP contribution in [-0.4, -0.2) is 52.9 Å². The number of hydrogen-bond donors (Lipinski definition) is 0. The first-order valence-corrected chi connectivity index (χ1v) is 24.4. The fraction of sp³-hybridized carbons (Fsp3) is 0.226. The maximum absolute atomic E-state index is 5.07. The van der Waals surface area contributed by atoms with E-state index in [1.54, 1.807) is 0 Å². The maximum atomic E-state index is 5.07. The molecule has 0 bridgehead atoms. The van der Waals surface area contributed by atoms with Gasteiger partial charge in [-0.3, -0.25) is 20.0 Å². The fourth-order valence-electron chi connectivity index (χ4n) is 11.4. The van der Waals surface area contributed by atoms with Crippen LogP contribution in [0, 0.1) is 0 Å². The molecule has 2 aliphatic rings. The van der Waals surface area contributed by atoms with Gasteiger partial charge < -0.3 is 18.9 Å². The van der Waals surface area contributed by atoms with Gasteiger partial charge in [0.25, 0.3) is 0 Å². The van der Waals surface area contributed by atoms with E-state index in [9.17, 15) is 0 Å². The van der Waals surface area contributed by atoms with Crippen molar-refractivity contribution in [2.24, 2.45) is 9.98 Å². The monoisotopic (exact) mass is 914 g/mol. The molecule has 0 atom stereocenters. The molecule has 6 aromatic carbocycles. The molecule has 2 aliphatic heterocycles. The second kappa shape index (κ2) is 15.3. The molecule has 0 saturated heterocycles. The van der Waals surface area contributed by atoms with E-state index >= 15 is 0 Å². The Morgan fingerprint density at radius 2 is 0.643 bits per heavy atom. The second-order valence-corrected chi connectivity index (χ2v) is 21.4. The van der Waals surface area contributed by atoms with Crippen molar-refractivity contribution in [3.63, 3.8) is 0 Å². The number of rotatable bonds is 7. The zero-order valence-corrected chi connectivity index (χ0v) is 41.7. The van der Waals surface area contributed by atoms with Crippen LogP contribution in [0.5, 0.6) is 0 Å². The Morgan fingerprint density at radius 3 is 0.943 bits per heavy atom. The van der Waals surface area contributed by atoms with E-state index in [-0.39, 0.29) is 22.2 Å². The Balaban J connectivity index is 1.01. The van der Waals surface area contributed by atoms with E-state index in [4.69, 9.17) is 20.0 Å². The second-order valence-electron chi connectivity index (χ2n) is 21.4. The Hall–Kier alpha value is -7.84. The van der Waals surface area contributed by atoms with Gasteiger partial charge in [0, 0.05) is 56.4 Å². The number of para-hydroxylation sites is 2. The minimum atomic E-state index is -0.238. The van der Waals surface area contributed by atoms with Gasteiger partial charge in [-0.05, 0) is 176 Å². The molecule has 4 aromatic heterocycles. The van der Waals surface area contributed by atoms with E-state index < -0.39 is 0 Å². The number of aromatic nitrogens is 4. The minimum Gasteiger partial charge on any atom is -0.321 e. The first-order chi connectivity index (χ1) is 33.5. The summed E-state index contributed by atoms with van der Waals surface area (Å²) in [6, 6.07) is 53.6. The molecule has 0 N–H and O–H groups in total. The third-order valence-corrected chi connectivity index (χ3v) is 16.2. The number of hydrogen-bond acceptors (Lipinski definition) is 6. The summed E-state index contributed by atoms with van der Waals surface area (Å²) >= 11 is 0. The molecule has 346 valence electrons. The van der Waals surface area contributed by atoms with Crippen molar-refractivity contribution in [2.75, 3.05) is 9.80 Å². The summed E-state index contributed by atoms with van der Waals surface area (Å²) in [5, 5.41) is 4.76. The normalized spacial score (nSPS) is 17.0. The van der Waals surface area contributed by atoms with Crippen LogP contribution in [0.15, 0.2) is 180 Å². The Bertz CT molecular complexity index is 3560. The number of pyridine rings is 2. The molecule has 0 radical (unpaired) electrons.